The molecule has 0 unspecified atom stereocenters. The minimum Gasteiger partial charge on any atom is -0.497 e. The number of ether oxygens (including phenoxy) is 2. The first-order valence-corrected chi connectivity index (χ1v) is 9.66. The molecule has 2 aromatic carbocycles. The van der Waals surface area contributed by atoms with E-state index < -0.39 is 0 Å². The van der Waals surface area contributed by atoms with Gasteiger partial charge in [-0.1, -0.05) is 23.9 Å². The van der Waals surface area contributed by atoms with Gasteiger partial charge in [0.25, 0.3) is 0 Å². The molecule has 0 aliphatic carbocycles. The van der Waals surface area contributed by atoms with Crippen molar-refractivity contribution < 1.29 is 9.47 Å². The summed E-state index contributed by atoms with van der Waals surface area (Å²) in [6.07, 6.45) is 0. The average Bonchev–Trinajstić information content (AvgIpc) is 3.11. The Morgan fingerprint density at radius 2 is 1.85 bits per heavy atom. The van der Waals surface area contributed by atoms with Crippen LogP contribution in [0.2, 0.25) is 0 Å². The van der Waals surface area contributed by atoms with Gasteiger partial charge in [0, 0.05) is 11.1 Å². The zero-order valence-electron chi connectivity index (χ0n) is 15.4. The smallest absolute Gasteiger partial charge is 0.213 e. The summed E-state index contributed by atoms with van der Waals surface area (Å²) in [7, 11) is 1.65. The summed E-state index contributed by atoms with van der Waals surface area (Å²) in [5, 5.41) is 14.5. The standard InChI is InChI=1S/C20H20N4O2S/c1-4-26-17-8-6-5-7-16(17)18-13(2)27-20-22-21-19(24(20)23-18)14-9-11-15(25-3)12-10-14/h5-13H,4H2,1-3H3/t13-/m1/s1. The van der Waals surface area contributed by atoms with Crippen molar-refractivity contribution in [1.82, 2.24) is 14.9 Å². The SMILES string of the molecule is CCOc1ccccc1C1=Nn2c(nnc2-c2ccc(OC)cc2)S[C@@H]1C. The number of fused-ring (bicyclic) bond motifs is 1. The molecule has 0 amide bonds. The number of rotatable bonds is 5. The number of methoxy groups -OCH3 is 1. The van der Waals surface area contributed by atoms with Crippen LogP contribution in [0.15, 0.2) is 58.8 Å². The van der Waals surface area contributed by atoms with E-state index in [1.807, 2.05) is 60.1 Å². The van der Waals surface area contributed by atoms with Gasteiger partial charge in [0.1, 0.15) is 11.5 Å². The summed E-state index contributed by atoms with van der Waals surface area (Å²) in [5.41, 5.74) is 2.89. The van der Waals surface area contributed by atoms with Gasteiger partial charge in [0.05, 0.1) is 24.7 Å². The molecule has 4 rings (SSSR count). The molecule has 138 valence electrons. The molecule has 0 saturated heterocycles. The predicted octanol–water partition coefficient (Wildman–Crippen LogP) is 4.10. The van der Waals surface area contributed by atoms with Crippen molar-refractivity contribution in [1.29, 1.82) is 0 Å². The van der Waals surface area contributed by atoms with Gasteiger partial charge in [-0.3, -0.25) is 0 Å². The highest BCUT2D eigenvalue weighted by Gasteiger charge is 2.27. The molecule has 1 aromatic heterocycles. The van der Waals surface area contributed by atoms with Gasteiger partial charge < -0.3 is 9.47 Å². The van der Waals surface area contributed by atoms with Crippen molar-refractivity contribution in [2.24, 2.45) is 5.10 Å². The van der Waals surface area contributed by atoms with Crippen LogP contribution < -0.4 is 9.47 Å². The molecule has 0 fully saturated rings. The van der Waals surface area contributed by atoms with Crippen molar-refractivity contribution >= 4 is 17.5 Å². The first kappa shape index (κ1) is 17.6. The Balaban J connectivity index is 1.79. The van der Waals surface area contributed by atoms with Gasteiger partial charge in [-0.05, 0) is 50.2 Å². The maximum atomic E-state index is 5.80. The summed E-state index contributed by atoms with van der Waals surface area (Å²) in [4.78, 5) is 0. The Kier molecular flexibility index (Phi) is 4.85. The third kappa shape index (κ3) is 3.30. The van der Waals surface area contributed by atoms with Crippen LogP contribution in [0.1, 0.15) is 19.4 Å². The Morgan fingerprint density at radius 1 is 1.07 bits per heavy atom. The summed E-state index contributed by atoms with van der Waals surface area (Å²) >= 11 is 1.64. The van der Waals surface area contributed by atoms with Crippen LogP contribution in [0, 0.1) is 0 Å². The zero-order valence-corrected chi connectivity index (χ0v) is 16.2. The molecule has 1 aliphatic rings. The Bertz CT molecular complexity index is 982. The molecule has 0 bridgehead atoms. The van der Waals surface area contributed by atoms with E-state index in [1.165, 1.54) is 0 Å². The number of hydrogen-bond acceptors (Lipinski definition) is 6. The largest absolute Gasteiger partial charge is 0.497 e. The first-order valence-electron chi connectivity index (χ1n) is 8.78. The molecule has 2 heterocycles. The second-order valence-corrected chi connectivity index (χ2v) is 7.33. The molecule has 7 heteroatoms. The second-order valence-electron chi connectivity index (χ2n) is 6.02. The molecule has 0 saturated carbocycles. The highest BCUT2D eigenvalue weighted by molar-refractivity contribution is 8.00. The number of benzene rings is 2. The lowest BCUT2D eigenvalue weighted by Gasteiger charge is -2.21. The van der Waals surface area contributed by atoms with Gasteiger partial charge in [0.15, 0.2) is 5.82 Å². The number of para-hydroxylation sites is 1. The third-order valence-corrected chi connectivity index (χ3v) is 5.34. The van der Waals surface area contributed by atoms with E-state index in [1.54, 1.807) is 18.9 Å². The molecule has 1 atom stereocenters. The van der Waals surface area contributed by atoms with Crippen LogP contribution in [0.3, 0.4) is 0 Å². The van der Waals surface area contributed by atoms with E-state index in [4.69, 9.17) is 14.6 Å². The van der Waals surface area contributed by atoms with Crippen LogP contribution in [-0.4, -0.2) is 39.6 Å². The van der Waals surface area contributed by atoms with Crippen LogP contribution >= 0.6 is 11.8 Å². The maximum Gasteiger partial charge on any atom is 0.213 e. The molecule has 0 radical (unpaired) electrons. The minimum absolute atomic E-state index is 0.145. The van der Waals surface area contributed by atoms with Crippen LogP contribution in [0.5, 0.6) is 11.5 Å². The maximum absolute atomic E-state index is 5.80. The summed E-state index contributed by atoms with van der Waals surface area (Å²) in [5.74, 6) is 2.35. The minimum atomic E-state index is 0.145. The lowest BCUT2D eigenvalue weighted by atomic mass is 10.1. The fraction of sp³-hybridized carbons (Fsp3) is 0.250. The highest BCUT2D eigenvalue weighted by Crippen LogP contribution is 2.35. The zero-order chi connectivity index (χ0) is 18.8. The number of thioether (sulfide) groups is 1. The lowest BCUT2D eigenvalue weighted by molar-refractivity contribution is 0.339. The van der Waals surface area contributed by atoms with Crippen molar-refractivity contribution in [2.75, 3.05) is 13.7 Å². The van der Waals surface area contributed by atoms with Gasteiger partial charge >= 0.3 is 0 Å². The summed E-state index contributed by atoms with van der Waals surface area (Å²) in [6, 6.07) is 15.7. The van der Waals surface area contributed by atoms with Crippen LogP contribution in [-0.2, 0) is 0 Å². The van der Waals surface area contributed by atoms with Crippen molar-refractivity contribution in [3.05, 3.63) is 54.1 Å². The Labute approximate surface area is 162 Å². The van der Waals surface area contributed by atoms with E-state index in [0.29, 0.717) is 12.4 Å². The monoisotopic (exact) mass is 380 g/mol. The van der Waals surface area contributed by atoms with E-state index in [9.17, 15) is 0 Å². The molecular formula is C20H20N4O2S. The molecule has 3 aromatic rings. The van der Waals surface area contributed by atoms with E-state index >= 15 is 0 Å². The highest BCUT2D eigenvalue weighted by atomic mass is 32.2. The lowest BCUT2D eigenvalue weighted by Crippen LogP contribution is -2.22. The fourth-order valence-corrected chi connectivity index (χ4v) is 3.90. The second kappa shape index (κ2) is 7.44. The normalized spacial score (nSPS) is 15.8. The van der Waals surface area contributed by atoms with E-state index in [0.717, 1.165) is 33.5 Å². The summed E-state index contributed by atoms with van der Waals surface area (Å²) < 4.78 is 12.8. The average molecular weight is 380 g/mol. The predicted molar refractivity (Wildman–Crippen MR) is 107 cm³/mol. The van der Waals surface area contributed by atoms with Crippen LogP contribution in [0.25, 0.3) is 11.4 Å². The van der Waals surface area contributed by atoms with Gasteiger partial charge in [-0.15, -0.1) is 10.2 Å². The third-order valence-electron chi connectivity index (χ3n) is 4.30. The van der Waals surface area contributed by atoms with Crippen molar-refractivity contribution in [2.45, 2.75) is 24.3 Å². The molecule has 6 nitrogen and oxygen atoms in total. The molecule has 1 aliphatic heterocycles. The summed E-state index contributed by atoms with van der Waals surface area (Å²) in [6.45, 7) is 4.72. The number of aromatic nitrogens is 3. The molecule has 0 spiro atoms. The van der Waals surface area contributed by atoms with Gasteiger partial charge in [-0.2, -0.15) is 9.78 Å². The van der Waals surface area contributed by atoms with Gasteiger partial charge in [-0.25, -0.2) is 0 Å². The molecular weight excluding hydrogens is 360 g/mol. The quantitative estimate of drug-likeness (QED) is 0.667. The molecule has 27 heavy (non-hydrogen) atoms. The first-order chi connectivity index (χ1) is 13.2. The van der Waals surface area contributed by atoms with Crippen molar-refractivity contribution in [3.8, 4) is 22.9 Å². The number of nitrogens with zero attached hydrogens (tertiary/aromatic N) is 4. The van der Waals surface area contributed by atoms with Crippen LogP contribution in [0.4, 0.5) is 0 Å². The fourth-order valence-electron chi connectivity index (χ4n) is 2.98. The number of hydrogen-bond donors (Lipinski definition) is 0. The van der Waals surface area contributed by atoms with Gasteiger partial charge in [0.2, 0.25) is 5.16 Å². The Morgan fingerprint density at radius 3 is 2.59 bits per heavy atom. The van der Waals surface area contributed by atoms with E-state index in [2.05, 4.69) is 17.1 Å². The Hall–Kier alpha value is -2.80. The topological polar surface area (TPSA) is 61.5 Å². The van der Waals surface area contributed by atoms with Crippen molar-refractivity contribution in [3.63, 3.8) is 0 Å². The molecule has 0 N–H and O–H groups in total. The van der Waals surface area contributed by atoms with E-state index in [-0.39, 0.29) is 5.25 Å².